The van der Waals surface area contributed by atoms with Crippen molar-refractivity contribution >= 4 is 0 Å². The van der Waals surface area contributed by atoms with Gasteiger partial charge in [0.15, 0.2) is 5.82 Å². The maximum absolute atomic E-state index is 5.55. The number of rotatable bonds is 6. The van der Waals surface area contributed by atoms with Gasteiger partial charge in [-0.15, -0.1) is 0 Å². The lowest BCUT2D eigenvalue weighted by Gasteiger charge is -2.35. The normalized spacial score (nSPS) is 12.6. The molecule has 0 fully saturated rings. The zero-order chi connectivity index (χ0) is 44.3. The van der Waals surface area contributed by atoms with Crippen LogP contribution in [0, 0.1) is 0 Å². The molecular weight excluding hydrogens is 809 g/mol. The van der Waals surface area contributed by atoms with Gasteiger partial charge in [0.1, 0.15) is 0 Å². The van der Waals surface area contributed by atoms with Crippen molar-refractivity contribution in [1.29, 1.82) is 0 Å². The van der Waals surface area contributed by atoms with E-state index in [4.69, 9.17) is 9.97 Å². The predicted molar refractivity (Wildman–Crippen MR) is 276 cm³/mol. The Labute approximate surface area is 391 Å². The molecule has 312 valence electrons. The minimum Gasteiger partial charge on any atom is -0.228 e. The van der Waals surface area contributed by atoms with Gasteiger partial charge in [0.2, 0.25) is 0 Å². The molecule has 2 aliphatic rings. The monoisotopic (exact) mass is 850 g/mol. The third-order valence-electron chi connectivity index (χ3n) is 13.9. The molecule has 1 spiro atoms. The Morgan fingerprint density at radius 2 is 0.552 bits per heavy atom. The van der Waals surface area contributed by atoms with Crippen LogP contribution in [0.1, 0.15) is 22.3 Å². The summed E-state index contributed by atoms with van der Waals surface area (Å²) in [7, 11) is 0. The van der Waals surface area contributed by atoms with Crippen molar-refractivity contribution in [2.24, 2.45) is 0 Å². The lowest BCUT2D eigenvalue weighted by Crippen LogP contribution is -2.29. The summed E-state index contributed by atoms with van der Waals surface area (Å²) in [5.74, 6) is 0.675. The van der Waals surface area contributed by atoms with E-state index in [1.165, 1.54) is 61.2 Å². The van der Waals surface area contributed by atoms with Gasteiger partial charge in [0, 0.05) is 16.7 Å². The van der Waals surface area contributed by atoms with Gasteiger partial charge < -0.3 is 0 Å². The minimum atomic E-state index is -0.559. The standard InChI is InChI=1S/C65H42N2/c1-4-18-43(19-5-1)46-32-34-47(35-33-46)62-42-63(51-39-49(44-20-6-2-7-21-44)38-50(40-51)45-22-8-3-9-23-45)67-64(66-62)48-36-37-61-57(41-48)53-25-11-10-24-52(53)54-26-12-15-29-58(54)65(61)59-30-16-13-27-55(59)56-28-14-17-31-60(56)65/h1-42H. The summed E-state index contributed by atoms with van der Waals surface area (Å²) in [6, 6.07) is 92.6. The summed E-state index contributed by atoms with van der Waals surface area (Å²) in [5.41, 5.74) is 23.6. The highest BCUT2D eigenvalue weighted by molar-refractivity contribution is 5.98. The summed E-state index contributed by atoms with van der Waals surface area (Å²) in [5, 5.41) is 0. The van der Waals surface area contributed by atoms with E-state index in [0.717, 1.165) is 55.9 Å². The highest BCUT2D eigenvalue weighted by Crippen LogP contribution is 2.61. The van der Waals surface area contributed by atoms with E-state index in [0.29, 0.717) is 5.82 Å². The molecule has 11 aromatic rings. The topological polar surface area (TPSA) is 25.8 Å². The van der Waals surface area contributed by atoms with E-state index in [1.807, 2.05) is 0 Å². The summed E-state index contributed by atoms with van der Waals surface area (Å²) < 4.78 is 0. The summed E-state index contributed by atoms with van der Waals surface area (Å²) in [6.45, 7) is 0. The van der Waals surface area contributed by atoms with E-state index in [1.54, 1.807) is 0 Å². The van der Waals surface area contributed by atoms with Crippen molar-refractivity contribution in [3.8, 4) is 101 Å². The number of hydrogen-bond acceptors (Lipinski definition) is 2. The van der Waals surface area contributed by atoms with Crippen LogP contribution >= 0.6 is 0 Å². The maximum Gasteiger partial charge on any atom is 0.160 e. The van der Waals surface area contributed by atoms with Gasteiger partial charge in [-0.05, 0) is 119 Å². The molecule has 1 aromatic heterocycles. The molecule has 67 heavy (non-hydrogen) atoms. The van der Waals surface area contributed by atoms with E-state index in [9.17, 15) is 0 Å². The Morgan fingerprint density at radius 3 is 1.07 bits per heavy atom. The number of nitrogens with zero attached hydrogens (tertiary/aromatic N) is 2. The molecule has 1 heterocycles. The fourth-order valence-corrected chi connectivity index (χ4v) is 10.9. The average molecular weight is 851 g/mol. The van der Waals surface area contributed by atoms with Crippen molar-refractivity contribution in [2.45, 2.75) is 5.41 Å². The van der Waals surface area contributed by atoms with Crippen molar-refractivity contribution in [2.75, 3.05) is 0 Å². The van der Waals surface area contributed by atoms with Gasteiger partial charge >= 0.3 is 0 Å². The molecular formula is C65H42N2. The van der Waals surface area contributed by atoms with Crippen LogP contribution in [0.4, 0.5) is 0 Å². The van der Waals surface area contributed by atoms with Gasteiger partial charge in [-0.25, -0.2) is 9.97 Å². The highest BCUT2D eigenvalue weighted by Gasteiger charge is 2.49. The zero-order valence-electron chi connectivity index (χ0n) is 36.6. The summed E-state index contributed by atoms with van der Waals surface area (Å²) >= 11 is 0. The van der Waals surface area contributed by atoms with Crippen LogP contribution in [0.5, 0.6) is 0 Å². The average Bonchev–Trinajstić information content (AvgIpc) is 3.66. The number of fused-ring (bicyclic) bond motifs is 12. The quantitative estimate of drug-likeness (QED) is 0.167. The molecule has 2 heteroatoms. The first-order valence-electron chi connectivity index (χ1n) is 23.1. The molecule has 2 nitrogen and oxygen atoms in total. The van der Waals surface area contributed by atoms with Crippen LogP contribution in [0.3, 0.4) is 0 Å². The van der Waals surface area contributed by atoms with E-state index < -0.39 is 5.41 Å². The molecule has 0 saturated carbocycles. The SMILES string of the molecule is c1ccc(-c2ccc(-c3cc(-c4cc(-c5ccccc5)cc(-c5ccccc5)c4)nc(-c4ccc5c(c4)-c4ccccc4-c4ccccc4C54c5ccccc5-c5ccccc54)n3)cc2)cc1. The van der Waals surface area contributed by atoms with Gasteiger partial charge in [-0.2, -0.15) is 0 Å². The first-order chi connectivity index (χ1) is 33.2. The van der Waals surface area contributed by atoms with E-state index >= 15 is 0 Å². The van der Waals surface area contributed by atoms with Crippen LogP contribution in [-0.4, -0.2) is 9.97 Å². The van der Waals surface area contributed by atoms with Gasteiger partial charge in [-0.3, -0.25) is 0 Å². The summed E-state index contributed by atoms with van der Waals surface area (Å²) in [4.78, 5) is 11.0. The third kappa shape index (κ3) is 6.33. The molecule has 10 aromatic carbocycles. The van der Waals surface area contributed by atoms with Crippen molar-refractivity contribution in [3.05, 3.63) is 277 Å². The van der Waals surface area contributed by atoms with Crippen molar-refractivity contribution in [3.63, 3.8) is 0 Å². The van der Waals surface area contributed by atoms with Gasteiger partial charge in [0.05, 0.1) is 16.8 Å². The van der Waals surface area contributed by atoms with Crippen LogP contribution in [-0.2, 0) is 5.41 Å². The molecule has 0 bridgehead atoms. The molecule has 13 rings (SSSR count). The Hall–Kier alpha value is -8.72. The molecule has 0 amide bonds. The molecule has 2 aliphatic carbocycles. The van der Waals surface area contributed by atoms with Gasteiger partial charge in [0.25, 0.3) is 0 Å². The Morgan fingerprint density at radius 1 is 0.209 bits per heavy atom. The Kier molecular flexibility index (Phi) is 9.11. The largest absolute Gasteiger partial charge is 0.228 e. The van der Waals surface area contributed by atoms with Gasteiger partial charge in [-0.1, -0.05) is 224 Å². The third-order valence-corrected chi connectivity index (χ3v) is 13.9. The second-order valence-corrected chi connectivity index (χ2v) is 17.6. The van der Waals surface area contributed by atoms with E-state index in [2.05, 4.69) is 255 Å². The number of benzene rings is 10. The number of hydrogen-bond donors (Lipinski definition) is 0. The van der Waals surface area contributed by atoms with Crippen LogP contribution < -0.4 is 0 Å². The number of aromatic nitrogens is 2. The molecule has 0 saturated heterocycles. The smallest absolute Gasteiger partial charge is 0.160 e. The second kappa shape index (κ2) is 15.8. The Bertz CT molecular complexity index is 3560. The first kappa shape index (κ1) is 38.7. The highest BCUT2D eigenvalue weighted by atomic mass is 14.9. The van der Waals surface area contributed by atoms with Crippen LogP contribution in [0.2, 0.25) is 0 Å². The molecule has 0 unspecified atom stereocenters. The lowest BCUT2D eigenvalue weighted by molar-refractivity contribution is 0.775. The Balaban J connectivity index is 1.06. The van der Waals surface area contributed by atoms with Crippen molar-refractivity contribution in [1.82, 2.24) is 9.97 Å². The summed E-state index contributed by atoms with van der Waals surface area (Å²) in [6.07, 6.45) is 0. The molecule has 0 N–H and O–H groups in total. The first-order valence-corrected chi connectivity index (χ1v) is 23.1. The van der Waals surface area contributed by atoms with Crippen LogP contribution in [0.25, 0.3) is 101 Å². The molecule has 0 atom stereocenters. The second-order valence-electron chi connectivity index (χ2n) is 17.6. The van der Waals surface area contributed by atoms with Crippen molar-refractivity contribution < 1.29 is 0 Å². The molecule has 0 radical (unpaired) electrons. The zero-order valence-corrected chi connectivity index (χ0v) is 36.6. The lowest BCUT2D eigenvalue weighted by atomic mass is 9.66. The predicted octanol–water partition coefficient (Wildman–Crippen LogP) is 16.5. The maximum atomic E-state index is 5.55. The minimum absolute atomic E-state index is 0.559. The van der Waals surface area contributed by atoms with E-state index in [-0.39, 0.29) is 0 Å². The fraction of sp³-hybridized carbons (Fsp3) is 0.0154. The van der Waals surface area contributed by atoms with Crippen LogP contribution in [0.15, 0.2) is 255 Å². The molecule has 0 aliphatic heterocycles. The fourth-order valence-electron chi connectivity index (χ4n) is 10.9.